The smallest absolute Gasteiger partial charge is 0.267 e. The molecule has 4 nitrogen and oxygen atoms in total. The van der Waals surface area contributed by atoms with E-state index in [-0.39, 0.29) is 11.3 Å². The lowest BCUT2D eigenvalue weighted by Gasteiger charge is -2.33. The molecule has 0 aromatic heterocycles. The van der Waals surface area contributed by atoms with Crippen LogP contribution in [0.5, 0.6) is 11.5 Å². The van der Waals surface area contributed by atoms with E-state index in [9.17, 15) is 4.79 Å². The Balaban J connectivity index is 1.68. The summed E-state index contributed by atoms with van der Waals surface area (Å²) in [6, 6.07) is 13.4. The molecule has 0 saturated carbocycles. The minimum Gasteiger partial charge on any atom is -0.492 e. The first-order chi connectivity index (χ1) is 12.3. The molecule has 1 aliphatic heterocycles. The fourth-order valence-corrected chi connectivity index (χ4v) is 3.08. The quantitative estimate of drug-likeness (QED) is 0.770. The van der Waals surface area contributed by atoms with Crippen LogP contribution in [-0.2, 0) is 10.2 Å². The van der Waals surface area contributed by atoms with Crippen LogP contribution in [0, 0.1) is 0 Å². The van der Waals surface area contributed by atoms with Gasteiger partial charge in [0.2, 0.25) is 0 Å². The van der Waals surface area contributed by atoms with E-state index in [0.29, 0.717) is 29.6 Å². The van der Waals surface area contributed by atoms with Gasteiger partial charge in [0.25, 0.3) is 5.91 Å². The molecule has 0 spiro atoms. The minimum absolute atomic E-state index is 0.0913. The Bertz CT molecular complexity index is 796. The van der Waals surface area contributed by atoms with Gasteiger partial charge in [-0.15, -0.1) is 0 Å². The normalized spacial score (nSPS) is 16.9. The first kappa shape index (κ1) is 18.6. The van der Waals surface area contributed by atoms with Crippen LogP contribution in [-0.4, -0.2) is 25.2 Å². The van der Waals surface area contributed by atoms with E-state index in [4.69, 9.17) is 21.1 Å². The molecule has 0 saturated heterocycles. The van der Waals surface area contributed by atoms with E-state index in [1.165, 1.54) is 5.56 Å². The molecule has 0 bridgehead atoms. The Morgan fingerprint density at radius 1 is 1.15 bits per heavy atom. The lowest BCUT2D eigenvalue weighted by molar-refractivity contribution is -0.125. The summed E-state index contributed by atoms with van der Waals surface area (Å²) in [5, 5.41) is 0.568. The number of benzene rings is 2. The molecule has 0 N–H and O–H groups in total. The number of anilines is 1. The highest BCUT2D eigenvalue weighted by molar-refractivity contribution is 6.31. The van der Waals surface area contributed by atoms with Crippen molar-refractivity contribution in [3.05, 3.63) is 53.1 Å². The van der Waals surface area contributed by atoms with Crippen LogP contribution in [0.1, 0.15) is 33.3 Å². The number of hydrogen-bond donors (Lipinski definition) is 0. The maximum absolute atomic E-state index is 12.5. The van der Waals surface area contributed by atoms with Crippen LogP contribution < -0.4 is 14.4 Å². The van der Waals surface area contributed by atoms with Crippen molar-refractivity contribution in [2.75, 3.05) is 18.1 Å². The van der Waals surface area contributed by atoms with Crippen molar-refractivity contribution < 1.29 is 14.3 Å². The monoisotopic (exact) mass is 373 g/mol. The molecule has 26 heavy (non-hydrogen) atoms. The lowest BCUT2D eigenvalue weighted by atomic mass is 9.87. The average Bonchev–Trinajstić information content (AvgIpc) is 2.58. The maximum Gasteiger partial charge on any atom is 0.267 e. The van der Waals surface area contributed by atoms with Crippen LogP contribution in [0.4, 0.5) is 5.69 Å². The first-order valence-electron chi connectivity index (χ1n) is 8.76. The Labute approximate surface area is 159 Å². The molecule has 138 valence electrons. The molecule has 1 atom stereocenters. The van der Waals surface area contributed by atoms with E-state index in [1.807, 2.05) is 12.1 Å². The SMILES string of the molecule is CC1Oc2ccc(Cl)cc2N(CCOc2ccc(C(C)(C)C)cc2)C1=O. The number of rotatable bonds is 4. The zero-order valence-electron chi connectivity index (χ0n) is 15.6. The molecular weight excluding hydrogens is 350 g/mol. The van der Waals surface area contributed by atoms with Gasteiger partial charge in [0, 0.05) is 5.02 Å². The van der Waals surface area contributed by atoms with Gasteiger partial charge >= 0.3 is 0 Å². The fourth-order valence-electron chi connectivity index (χ4n) is 2.92. The summed E-state index contributed by atoms with van der Waals surface area (Å²) in [6.45, 7) is 9.10. The van der Waals surface area contributed by atoms with Crippen LogP contribution in [0.3, 0.4) is 0 Å². The number of carbonyl (C=O) groups excluding carboxylic acids is 1. The third kappa shape index (κ3) is 3.96. The molecule has 3 rings (SSSR count). The van der Waals surface area contributed by atoms with Gasteiger partial charge in [-0.1, -0.05) is 44.5 Å². The summed E-state index contributed by atoms with van der Waals surface area (Å²) >= 11 is 6.08. The molecule has 0 radical (unpaired) electrons. The molecule has 5 heteroatoms. The molecule has 1 heterocycles. The van der Waals surface area contributed by atoms with Crippen molar-refractivity contribution in [1.29, 1.82) is 0 Å². The van der Waals surface area contributed by atoms with Crippen LogP contribution in [0.15, 0.2) is 42.5 Å². The third-order valence-corrected chi connectivity index (χ3v) is 4.67. The molecule has 1 amide bonds. The summed E-state index contributed by atoms with van der Waals surface area (Å²) < 4.78 is 11.5. The first-order valence-corrected chi connectivity index (χ1v) is 9.14. The van der Waals surface area contributed by atoms with Crippen molar-refractivity contribution in [2.24, 2.45) is 0 Å². The van der Waals surface area contributed by atoms with E-state index in [2.05, 4.69) is 32.9 Å². The van der Waals surface area contributed by atoms with E-state index < -0.39 is 6.10 Å². The van der Waals surface area contributed by atoms with Gasteiger partial charge in [-0.25, -0.2) is 0 Å². The number of halogens is 1. The standard InChI is InChI=1S/C21H24ClNO3/c1-14-20(24)23(18-13-16(22)7-10-19(18)26-14)11-12-25-17-8-5-15(6-9-17)21(2,3)4/h5-10,13-14H,11-12H2,1-4H3. The topological polar surface area (TPSA) is 38.8 Å². The van der Waals surface area contributed by atoms with E-state index >= 15 is 0 Å². The highest BCUT2D eigenvalue weighted by Gasteiger charge is 2.31. The predicted molar refractivity (Wildman–Crippen MR) is 105 cm³/mol. The summed E-state index contributed by atoms with van der Waals surface area (Å²) in [5.41, 5.74) is 2.05. The highest BCUT2D eigenvalue weighted by Crippen LogP contribution is 2.36. The third-order valence-electron chi connectivity index (χ3n) is 4.43. The van der Waals surface area contributed by atoms with Crippen molar-refractivity contribution >= 4 is 23.2 Å². The van der Waals surface area contributed by atoms with Gasteiger partial charge < -0.3 is 14.4 Å². The second kappa shape index (κ2) is 7.20. The molecule has 0 fully saturated rings. The Morgan fingerprint density at radius 3 is 2.50 bits per heavy atom. The van der Waals surface area contributed by atoms with Crippen molar-refractivity contribution in [3.8, 4) is 11.5 Å². The average molecular weight is 374 g/mol. The fraction of sp³-hybridized carbons (Fsp3) is 0.381. The van der Waals surface area contributed by atoms with Crippen LogP contribution in [0.2, 0.25) is 5.02 Å². The molecule has 1 aliphatic rings. The Kier molecular flexibility index (Phi) is 5.15. The largest absolute Gasteiger partial charge is 0.492 e. The zero-order chi connectivity index (χ0) is 18.9. The van der Waals surface area contributed by atoms with Gasteiger partial charge in [0.15, 0.2) is 6.10 Å². The minimum atomic E-state index is -0.519. The Hall–Kier alpha value is -2.20. The van der Waals surface area contributed by atoms with Crippen LogP contribution in [0.25, 0.3) is 0 Å². The van der Waals surface area contributed by atoms with E-state index in [1.54, 1.807) is 30.0 Å². The zero-order valence-corrected chi connectivity index (χ0v) is 16.3. The van der Waals surface area contributed by atoms with Gasteiger partial charge in [-0.3, -0.25) is 4.79 Å². The van der Waals surface area contributed by atoms with Crippen molar-refractivity contribution in [3.63, 3.8) is 0 Å². The van der Waals surface area contributed by atoms with Gasteiger partial charge in [0.1, 0.15) is 18.1 Å². The summed E-state index contributed by atoms with van der Waals surface area (Å²) in [6.07, 6.45) is -0.519. The maximum atomic E-state index is 12.5. The molecule has 1 unspecified atom stereocenters. The predicted octanol–water partition coefficient (Wildman–Crippen LogP) is 4.83. The molecule has 0 aliphatic carbocycles. The lowest BCUT2D eigenvalue weighted by Crippen LogP contribution is -2.46. The number of ether oxygens (including phenoxy) is 2. The number of carbonyl (C=O) groups is 1. The van der Waals surface area contributed by atoms with Gasteiger partial charge in [-0.2, -0.15) is 0 Å². The number of fused-ring (bicyclic) bond motifs is 1. The summed E-state index contributed by atoms with van der Waals surface area (Å²) in [5.74, 6) is 1.36. The number of amides is 1. The van der Waals surface area contributed by atoms with Crippen LogP contribution >= 0.6 is 11.6 Å². The number of hydrogen-bond acceptors (Lipinski definition) is 3. The second-order valence-corrected chi connectivity index (χ2v) is 7.92. The van der Waals surface area contributed by atoms with Gasteiger partial charge in [-0.05, 0) is 48.2 Å². The van der Waals surface area contributed by atoms with Crippen molar-refractivity contribution in [1.82, 2.24) is 0 Å². The second-order valence-electron chi connectivity index (χ2n) is 7.48. The molecule has 2 aromatic carbocycles. The molecule has 2 aromatic rings. The highest BCUT2D eigenvalue weighted by atomic mass is 35.5. The summed E-state index contributed by atoms with van der Waals surface area (Å²) in [7, 11) is 0. The van der Waals surface area contributed by atoms with E-state index in [0.717, 1.165) is 5.75 Å². The van der Waals surface area contributed by atoms with Gasteiger partial charge in [0.05, 0.1) is 12.2 Å². The van der Waals surface area contributed by atoms with Crippen molar-refractivity contribution in [2.45, 2.75) is 39.2 Å². The Morgan fingerprint density at radius 2 is 1.85 bits per heavy atom. The number of nitrogens with zero attached hydrogens (tertiary/aromatic N) is 1. The summed E-state index contributed by atoms with van der Waals surface area (Å²) in [4.78, 5) is 14.2. The molecular formula is C21H24ClNO3.